The number of phenolic OH excluding ortho intramolecular Hbond substituents is 2. The van der Waals surface area contributed by atoms with Crippen molar-refractivity contribution in [2.75, 3.05) is 0 Å². The monoisotopic (exact) mass is 450 g/mol. The van der Waals surface area contributed by atoms with E-state index >= 15 is 0 Å². The lowest BCUT2D eigenvalue weighted by molar-refractivity contribution is -0.116. The molecular weight excluding hydrogens is 424 g/mol. The molecular formula is C21H26N2O7S. The second-order valence-corrected chi connectivity index (χ2v) is 8.27. The summed E-state index contributed by atoms with van der Waals surface area (Å²) in [5.41, 5.74) is 1.40. The van der Waals surface area contributed by atoms with E-state index in [9.17, 15) is 28.0 Å². The molecule has 10 heteroatoms. The molecule has 1 amide bonds. The van der Waals surface area contributed by atoms with Gasteiger partial charge < -0.3 is 20.4 Å². The van der Waals surface area contributed by atoms with Gasteiger partial charge >= 0.3 is 0 Å². The van der Waals surface area contributed by atoms with E-state index in [-0.39, 0.29) is 11.5 Å². The number of phenols is 2. The summed E-state index contributed by atoms with van der Waals surface area (Å²) in [5.74, 6) is -1.95. The second kappa shape index (κ2) is 10.3. The van der Waals surface area contributed by atoms with Crippen LogP contribution in [0.5, 0.6) is 11.5 Å². The van der Waals surface area contributed by atoms with Crippen LogP contribution in [0.15, 0.2) is 45.8 Å². The summed E-state index contributed by atoms with van der Waals surface area (Å²) in [6, 6.07) is 1.14. The molecule has 2 aliphatic rings. The van der Waals surface area contributed by atoms with Crippen molar-refractivity contribution in [1.82, 2.24) is 5.32 Å². The van der Waals surface area contributed by atoms with Crippen molar-refractivity contribution in [1.29, 1.82) is 0 Å². The third-order valence-corrected chi connectivity index (χ3v) is 5.52. The number of carbonyl (C=O) groups excluding carboxylic acids is 1. The number of benzene rings is 1. The van der Waals surface area contributed by atoms with E-state index in [4.69, 9.17) is 4.84 Å². The van der Waals surface area contributed by atoms with Gasteiger partial charge in [0, 0.05) is 16.8 Å². The van der Waals surface area contributed by atoms with Gasteiger partial charge in [0.2, 0.25) is 0 Å². The van der Waals surface area contributed by atoms with Gasteiger partial charge in [0.05, 0.1) is 6.21 Å². The van der Waals surface area contributed by atoms with E-state index in [0.717, 1.165) is 6.07 Å². The summed E-state index contributed by atoms with van der Waals surface area (Å²) in [6.07, 6.45) is 8.62. The molecule has 1 unspecified atom stereocenters. The molecule has 9 nitrogen and oxygen atoms in total. The fourth-order valence-corrected chi connectivity index (χ4v) is 3.79. The quantitative estimate of drug-likeness (QED) is 0.408. The van der Waals surface area contributed by atoms with Crippen molar-refractivity contribution in [3.05, 3.63) is 46.9 Å². The molecule has 0 fully saturated rings. The molecule has 1 aromatic carbocycles. The van der Waals surface area contributed by atoms with Crippen molar-refractivity contribution in [3.8, 4) is 11.5 Å². The predicted octanol–water partition coefficient (Wildman–Crippen LogP) is 3.26. The zero-order chi connectivity index (χ0) is 23.2. The highest BCUT2D eigenvalue weighted by molar-refractivity contribution is 7.86. The Labute approximate surface area is 181 Å². The second-order valence-electron chi connectivity index (χ2n) is 6.88. The smallest absolute Gasteiger partial charge is 0.298 e. The van der Waals surface area contributed by atoms with Crippen LogP contribution in [-0.4, -0.2) is 35.3 Å². The molecule has 0 saturated carbocycles. The maximum absolute atomic E-state index is 12.5. The maximum atomic E-state index is 12.5. The number of nitrogens with zero attached hydrogens (tertiary/aromatic N) is 1. The lowest BCUT2D eigenvalue weighted by atomic mass is 9.89. The molecule has 0 aromatic heterocycles. The number of hydrogen-bond donors (Lipinski definition) is 4. The Balaban J connectivity index is 0.00000166. The van der Waals surface area contributed by atoms with Crippen LogP contribution in [0, 0.1) is 5.92 Å². The molecule has 31 heavy (non-hydrogen) atoms. The topological polar surface area (TPSA) is 146 Å². The number of oxime groups is 1. The standard InChI is InChI=1S/C19H20N2O7S.C2H6/c1-11-2-3-14(21-19(24)12-4-6-20-28-7-5-12)10-15-13(8-11)9-16(29(25,26)27)18(23)17(15)22;1-2/h4-7,9-11,22-23H,2-3,8H2,1H3,(H,21,24)(H,25,26,27);1-2H3/b14-10+;. The largest absolute Gasteiger partial charge is 0.504 e. The van der Waals surface area contributed by atoms with Crippen LogP contribution >= 0.6 is 0 Å². The van der Waals surface area contributed by atoms with E-state index in [1.165, 1.54) is 30.7 Å². The number of allylic oxidation sites excluding steroid dienone is 2. The average molecular weight is 451 g/mol. The lowest BCUT2D eigenvalue weighted by Crippen LogP contribution is -2.25. The molecule has 3 rings (SSSR count). The highest BCUT2D eigenvalue weighted by atomic mass is 32.2. The number of nitrogens with one attached hydrogen (secondary N) is 1. The van der Waals surface area contributed by atoms with Gasteiger partial charge in [0.1, 0.15) is 11.2 Å². The Morgan fingerprint density at radius 3 is 2.65 bits per heavy atom. The van der Waals surface area contributed by atoms with Gasteiger partial charge in [-0.25, -0.2) is 0 Å². The highest BCUT2D eigenvalue weighted by Gasteiger charge is 2.26. The van der Waals surface area contributed by atoms with Crippen LogP contribution in [0.3, 0.4) is 0 Å². The molecule has 0 bridgehead atoms. The number of hydrogen-bond acceptors (Lipinski definition) is 7. The molecule has 0 radical (unpaired) electrons. The molecule has 4 N–H and O–H groups in total. The van der Waals surface area contributed by atoms with Crippen LogP contribution in [0.2, 0.25) is 0 Å². The Kier molecular flexibility index (Phi) is 8.01. The first kappa shape index (κ1) is 24.2. The molecule has 1 aliphatic heterocycles. The van der Waals surface area contributed by atoms with E-state index in [0.29, 0.717) is 36.1 Å². The Morgan fingerprint density at radius 2 is 1.97 bits per heavy atom. The molecule has 1 heterocycles. The van der Waals surface area contributed by atoms with Gasteiger partial charge in [-0.05, 0) is 55.0 Å². The molecule has 0 saturated heterocycles. The minimum Gasteiger partial charge on any atom is -0.504 e. The van der Waals surface area contributed by atoms with Gasteiger partial charge in [-0.3, -0.25) is 9.35 Å². The lowest BCUT2D eigenvalue weighted by Gasteiger charge is -2.21. The van der Waals surface area contributed by atoms with E-state index < -0.39 is 32.4 Å². The molecule has 1 aromatic rings. The van der Waals surface area contributed by atoms with Crippen molar-refractivity contribution >= 4 is 28.3 Å². The Bertz CT molecular complexity index is 1070. The van der Waals surface area contributed by atoms with Crippen molar-refractivity contribution in [2.24, 2.45) is 11.1 Å². The average Bonchev–Trinajstić information content (AvgIpc) is 3.00. The van der Waals surface area contributed by atoms with Crippen LogP contribution in [0.25, 0.3) is 6.08 Å². The zero-order valence-electron chi connectivity index (χ0n) is 17.5. The van der Waals surface area contributed by atoms with Crippen LogP contribution in [-0.2, 0) is 26.2 Å². The number of aromatic hydroxyl groups is 2. The van der Waals surface area contributed by atoms with Gasteiger partial charge in [0.25, 0.3) is 16.0 Å². The molecule has 1 atom stereocenters. The first-order valence-corrected chi connectivity index (χ1v) is 11.2. The summed E-state index contributed by atoms with van der Waals surface area (Å²) in [7, 11) is -4.72. The summed E-state index contributed by atoms with van der Waals surface area (Å²) in [5, 5.41) is 26.8. The van der Waals surface area contributed by atoms with Gasteiger partial charge in [-0.1, -0.05) is 25.9 Å². The van der Waals surface area contributed by atoms with Gasteiger partial charge in [-0.2, -0.15) is 8.42 Å². The highest BCUT2D eigenvalue weighted by Crippen LogP contribution is 2.41. The van der Waals surface area contributed by atoms with Crippen LogP contribution in [0.4, 0.5) is 0 Å². The minimum atomic E-state index is -4.72. The summed E-state index contributed by atoms with van der Waals surface area (Å²) in [4.78, 5) is 16.5. The number of rotatable bonds is 3. The maximum Gasteiger partial charge on any atom is 0.298 e. The molecule has 1 aliphatic carbocycles. The van der Waals surface area contributed by atoms with Crippen LogP contribution < -0.4 is 5.32 Å². The van der Waals surface area contributed by atoms with E-state index in [2.05, 4.69) is 10.5 Å². The minimum absolute atomic E-state index is 0.0880. The molecule has 0 spiro atoms. The van der Waals surface area contributed by atoms with Crippen molar-refractivity contribution in [2.45, 2.75) is 44.9 Å². The number of carbonyl (C=O) groups is 1. The predicted molar refractivity (Wildman–Crippen MR) is 116 cm³/mol. The van der Waals surface area contributed by atoms with E-state index in [1.807, 2.05) is 20.8 Å². The number of fused-ring (bicyclic) bond motifs is 1. The van der Waals surface area contributed by atoms with Gasteiger partial charge in [-0.15, -0.1) is 0 Å². The third-order valence-electron chi connectivity index (χ3n) is 4.66. The van der Waals surface area contributed by atoms with Gasteiger partial charge in [0.15, 0.2) is 11.5 Å². The Hall–Kier alpha value is -3.11. The van der Waals surface area contributed by atoms with Crippen molar-refractivity contribution < 1.29 is 32.8 Å². The third kappa shape index (κ3) is 5.96. The van der Waals surface area contributed by atoms with Crippen molar-refractivity contribution in [3.63, 3.8) is 0 Å². The normalized spacial score (nSPS) is 19.7. The van der Waals surface area contributed by atoms with E-state index in [1.54, 1.807) is 0 Å². The fraction of sp³-hybridized carbons (Fsp3) is 0.333. The summed E-state index contributed by atoms with van der Waals surface area (Å²) >= 11 is 0. The fourth-order valence-electron chi connectivity index (χ4n) is 3.16. The SMILES string of the molecule is CC.CC1CC/C(NC(=O)C2=CC=NOC=C2)=C\c2c(cc(S(=O)(=O)O)c(O)c2O)C1. The number of amides is 1. The summed E-state index contributed by atoms with van der Waals surface area (Å²) in [6.45, 7) is 5.94. The van der Waals surface area contributed by atoms with Crippen LogP contribution in [0.1, 0.15) is 44.7 Å². The first-order chi connectivity index (χ1) is 14.7. The zero-order valence-corrected chi connectivity index (χ0v) is 18.3. The Morgan fingerprint density at radius 1 is 1.26 bits per heavy atom. The summed E-state index contributed by atoms with van der Waals surface area (Å²) < 4.78 is 32.4. The molecule has 168 valence electrons. The first-order valence-electron chi connectivity index (χ1n) is 9.80.